The van der Waals surface area contributed by atoms with Crippen molar-refractivity contribution in [3.63, 3.8) is 0 Å². The van der Waals surface area contributed by atoms with Gasteiger partial charge in [-0.15, -0.1) is 0 Å². The smallest absolute Gasteiger partial charge is 0.149 e. The Morgan fingerprint density at radius 3 is 2.16 bits per heavy atom. The maximum atomic E-state index is 6.29. The fraction of sp³-hybridized carbons (Fsp3) is 0.643. The Morgan fingerprint density at radius 2 is 1.68 bits per heavy atom. The number of rotatable bonds is 8. The summed E-state index contributed by atoms with van der Waals surface area (Å²) in [4.78, 5) is 6.80. The largest absolute Gasteiger partial charge is 0.372 e. The molecule has 0 radical (unpaired) electrons. The zero-order valence-electron chi connectivity index (χ0n) is 12.0. The number of aromatic nitrogens is 1. The van der Waals surface area contributed by atoms with Crippen LogP contribution < -0.4 is 10.2 Å². The van der Waals surface area contributed by atoms with Crippen LogP contribution in [0, 0.1) is 0 Å². The highest BCUT2D eigenvalue weighted by atomic mass is 35.5. The summed E-state index contributed by atoms with van der Waals surface area (Å²) in [6.07, 6.45) is 4.60. The number of pyridine rings is 1. The Hall–Kier alpha value is -0.670. The van der Waals surface area contributed by atoms with Gasteiger partial charge in [0.1, 0.15) is 11.6 Å². The van der Waals surface area contributed by atoms with Gasteiger partial charge < -0.3 is 10.2 Å². The fourth-order valence-corrected chi connectivity index (χ4v) is 2.45. The molecule has 19 heavy (non-hydrogen) atoms. The first-order chi connectivity index (χ1) is 9.13. The fourth-order valence-electron chi connectivity index (χ4n) is 1.88. The Bertz CT molecular complexity index is 389. The number of hydrogen-bond acceptors (Lipinski definition) is 3. The van der Waals surface area contributed by atoms with E-state index in [4.69, 9.17) is 23.2 Å². The Kier molecular flexibility index (Phi) is 7.32. The second kappa shape index (κ2) is 8.49. The van der Waals surface area contributed by atoms with Gasteiger partial charge in [0, 0.05) is 20.1 Å². The first-order valence-corrected chi connectivity index (χ1v) is 7.68. The lowest BCUT2D eigenvalue weighted by molar-refractivity contribution is 0.671. The van der Waals surface area contributed by atoms with Crippen LogP contribution in [0.4, 0.5) is 11.6 Å². The van der Waals surface area contributed by atoms with E-state index in [1.165, 1.54) is 0 Å². The van der Waals surface area contributed by atoms with Crippen molar-refractivity contribution in [3.8, 4) is 0 Å². The van der Waals surface area contributed by atoms with E-state index in [-0.39, 0.29) is 0 Å². The van der Waals surface area contributed by atoms with Gasteiger partial charge >= 0.3 is 0 Å². The third-order valence-corrected chi connectivity index (χ3v) is 3.58. The molecule has 0 unspecified atom stereocenters. The summed E-state index contributed by atoms with van der Waals surface area (Å²) in [6.45, 7) is 6.34. The van der Waals surface area contributed by atoms with Gasteiger partial charge in [0.05, 0.1) is 10.0 Å². The predicted molar refractivity (Wildman–Crippen MR) is 85.8 cm³/mol. The van der Waals surface area contributed by atoms with Crippen LogP contribution in [0.15, 0.2) is 6.07 Å². The second-order valence-electron chi connectivity index (χ2n) is 4.57. The lowest BCUT2D eigenvalue weighted by Gasteiger charge is -2.25. The van der Waals surface area contributed by atoms with Crippen LogP contribution in [-0.2, 0) is 0 Å². The standard InChI is InChI=1S/C14H23Cl2N3/c1-4-6-8-19(9-7-5-2)14-12(16)10-11(15)13(17-3)18-14/h10H,4-9H2,1-3H3,(H,17,18). The van der Waals surface area contributed by atoms with Crippen molar-refractivity contribution in [2.75, 3.05) is 30.4 Å². The van der Waals surface area contributed by atoms with Crippen LogP contribution in [0.2, 0.25) is 10.0 Å². The maximum absolute atomic E-state index is 6.29. The van der Waals surface area contributed by atoms with Crippen molar-refractivity contribution in [2.24, 2.45) is 0 Å². The van der Waals surface area contributed by atoms with Gasteiger partial charge in [0.25, 0.3) is 0 Å². The second-order valence-corrected chi connectivity index (χ2v) is 5.38. The minimum atomic E-state index is 0.558. The summed E-state index contributed by atoms with van der Waals surface area (Å²) < 4.78 is 0. The molecule has 0 aliphatic rings. The van der Waals surface area contributed by atoms with Crippen molar-refractivity contribution in [3.05, 3.63) is 16.1 Å². The lowest BCUT2D eigenvalue weighted by atomic mass is 10.2. The van der Waals surface area contributed by atoms with Gasteiger partial charge in [-0.05, 0) is 18.9 Å². The molecule has 1 rings (SSSR count). The molecule has 1 aromatic heterocycles. The van der Waals surface area contributed by atoms with Crippen molar-refractivity contribution < 1.29 is 0 Å². The Morgan fingerprint density at radius 1 is 1.11 bits per heavy atom. The van der Waals surface area contributed by atoms with Gasteiger partial charge in [-0.1, -0.05) is 49.9 Å². The molecule has 0 fully saturated rings. The molecule has 108 valence electrons. The van der Waals surface area contributed by atoms with E-state index in [2.05, 4.69) is 29.0 Å². The van der Waals surface area contributed by atoms with Crippen LogP contribution in [-0.4, -0.2) is 25.1 Å². The van der Waals surface area contributed by atoms with Crippen molar-refractivity contribution in [2.45, 2.75) is 39.5 Å². The molecule has 0 atom stereocenters. The molecule has 0 saturated heterocycles. The summed E-state index contributed by atoms with van der Waals surface area (Å²) in [6, 6.07) is 1.77. The monoisotopic (exact) mass is 303 g/mol. The molecule has 0 aromatic carbocycles. The van der Waals surface area contributed by atoms with E-state index in [0.29, 0.717) is 15.9 Å². The van der Waals surface area contributed by atoms with Gasteiger partial charge in [-0.25, -0.2) is 4.98 Å². The van der Waals surface area contributed by atoms with Gasteiger partial charge in [0.15, 0.2) is 0 Å². The van der Waals surface area contributed by atoms with Gasteiger partial charge in [0.2, 0.25) is 0 Å². The topological polar surface area (TPSA) is 28.2 Å². The molecular weight excluding hydrogens is 281 g/mol. The average molecular weight is 304 g/mol. The van der Waals surface area contributed by atoms with Crippen molar-refractivity contribution in [1.29, 1.82) is 0 Å². The number of unbranched alkanes of at least 4 members (excludes halogenated alkanes) is 2. The van der Waals surface area contributed by atoms with Gasteiger partial charge in [-0.3, -0.25) is 0 Å². The van der Waals surface area contributed by atoms with Crippen LogP contribution in [0.5, 0.6) is 0 Å². The highest BCUT2D eigenvalue weighted by molar-refractivity contribution is 6.37. The number of hydrogen-bond donors (Lipinski definition) is 1. The quantitative estimate of drug-likeness (QED) is 0.745. The van der Waals surface area contributed by atoms with E-state index in [1.54, 1.807) is 6.07 Å². The highest BCUT2D eigenvalue weighted by Crippen LogP contribution is 2.31. The minimum Gasteiger partial charge on any atom is -0.372 e. The van der Waals surface area contributed by atoms with Gasteiger partial charge in [-0.2, -0.15) is 0 Å². The highest BCUT2D eigenvalue weighted by Gasteiger charge is 2.14. The number of nitrogens with one attached hydrogen (secondary N) is 1. The van der Waals surface area contributed by atoms with Crippen LogP contribution >= 0.6 is 23.2 Å². The molecule has 0 aliphatic carbocycles. The SMILES string of the molecule is CCCCN(CCCC)c1nc(NC)c(Cl)cc1Cl. The number of anilines is 2. The van der Waals surface area contributed by atoms with Crippen LogP contribution in [0.25, 0.3) is 0 Å². The summed E-state index contributed by atoms with van der Waals surface area (Å²) in [7, 11) is 1.81. The van der Waals surface area contributed by atoms with E-state index >= 15 is 0 Å². The van der Waals surface area contributed by atoms with Crippen molar-refractivity contribution in [1.82, 2.24) is 4.98 Å². The molecule has 0 spiro atoms. The third-order valence-electron chi connectivity index (χ3n) is 3.01. The molecule has 0 bridgehead atoms. The Balaban J connectivity index is 2.98. The molecule has 1 aromatic rings. The zero-order valence-corrected chi connectivity index (χ0v) is 13.5. The van der Waals surface area contributed by atoms with Crippen LogP contribution in [0.1, 0.15) is 39.5 Å². The summed E-state index contributed by atoms with van der Waals surface area (Å²) in [5.41, 5.74) is 0. The van der Waals surface area contributed by atoms with E-state index in [0.717, 1.165) is 44.6 Å². The number of halogens is 2. The molecule has 1 N–H and O–H groups in total. The molecule has 0 saturated carbocycles. The normalized spacial score (nSPS) is 10.6. The maximum Gasteiger partial charge on any atom is 0.149 e. The lowest BCUT2D eigenvalue weighted by Crippen LogP contribution is -2.27. The molecule has 5 heteroatoms. The Labute approximate surface area is 126 Å². The van der Waals surface area contributed by atoms with Crippen LogP contribution in [0.3, 0.4) is 0 Å². The van der Waals surface area contributed by atoms with E-state index in [9.17, 15) is 0 Å². The molecule has 1 heterocycles. The molecule has 0 amide bonds. The molecule has 0 aliphatic heterocycles. The molecular formula is C14H23Cl2N3. The van der Waals surface area contributed by atoms with E-state index < -0.39 is 0 Å². The summed E-state index contributed by atoms with van der Waals surface area (Å²) >= 11 is 12.4. The number of nitrogens with zero attached hydrogens (tertiary/aromatic N) is 2. The first-order valence-electron chi connectivity index (χ1n) is 6.92. The molecule has 3 nitrogen and oxygen atoms in total. The predicted octanol–water partition coefficient (Wildman–Crippen LogP) is 4.84. The third kappa shape index (κ3) is 4.73. The zero-order chi connectivity index (χ0) is 14.3. The summed E-state index contributed by atoms with van der Waals surface area (Å²) in [5, 5.41) is 4.18. The average Bonchev–Trinajstić information content (AvgIpc) is 2.40. The van der Waals surface area contributed by atoms with Crippen molar-refractivity contribution >= 4 is 34.8 Å². The minimum absolute atomic E-state index is 0.558. The first kappa shape index (κ1) is 16.4. The van der Waals surface area contributed by atoms with E-state index in [1.807, 2.05) is 7.05 Å². The summed E-state index contributed by atoms with van der Waals surface area (Å²) in [5.74, 6) is 1.51.